The highest BCUT2D eigenvalue weighted by Gasteiger charge is 2.13. The number of pyridine rings is 1. The third-order valence-corrected chi connectivity index (χ3v) is 6.53. The molecule has 0 aliphatic heterocycles. The molecule has 0 aliphatic carbocycles. The van der Waals surface area contributed by atoms with Gasteiger partial charge in [0.1, 0.15) is 11.6 Å². The lowest BCUT2D eigenvalue weighted by atomic mass is 10.2. The van der Waals surface area contributed by atoms with Crippen LogP contribution in [0.15, 0.2) is 90.5 Å². The fourth-order valence-electron chi connectivity index (χ4n) is 3.39. The highest BCUT2D eigenvalue weighted by Crippen LogP contribution is 2.34. The van der Waals surface area contributed by atoms with Crippen molar-refractivity contribution in [3.63, 3.8) is 0 Å². The van der Waals surface area contributed by atoms with Gasteiger partial charge < -0.3 is 19.8 Å². The number of nitrogens with zero attached hydrogens (tertiary/aromatic N) is 4. The second-order valence-electron chi connectivity index (χ2n) is 7.73. The molecule has 186 valence electrons. The number of imidazole rings is 1. The lowest BCUT2D eigenvalue weighted by Gasteiger charge is -2.13. The van der Waals surface area contributed by atoms with Gasteiger partial charge in [-0.1, -0.05) is 23.7 Å². The van der Waals surface area contributed by atoms with E-state index in [1.807, 2.05) is 18.2 Å². The van der Waals surface area contributed by atoms with E-state index >= 15 is 0 Å². The number of aromatic nitrogens is 5. The van der Waals surface area contributed by atoms with Crippen molar-refractivity contribution in [2.75, 3.05) is 16.6 Å². The lowest BCUT2D eigenvalue weighted by molar-refractivity contribution is 0.443. The fraction of sp³-hybridized carbons (Fsp3) is 0.0769. The summed E-state index contributed by atoms with van der Waals surface area (Å²) in [5, 5.41) is 3.80. The van der Waals surface area contributed by atoms with E-state index in [2.05, 4.69) is 35.0 Å². The average Bonchev–Trinajstić information content (AvgIpc) is 3.44. The Morgan fingerprint density at radius 3 is 2.76 bits per heavy atom. The van der Waals surface area contributed by atoms with Crippen LogP contribution in [0.25, 0.3) is 11.3 Å². The van der Waals surface area contributed by atoms with Crippen LogP contribution in [0.5, 0.6) is 11.5 Å². The first-order chi connectivity index (χ1) is 18.2. The van der Waals surface area contributed by atoms with Crippen LogP contribution >= 0.6 is 23.5 Å². The normalized spacial score (nSPS) is 10.8. The molecule has 0 spiro atoms. The molecule has 0 amide bonds. The van der Waals surface area contributed by atoms with Crippen molar-refractivity contribution >= 4 is 35.2 Å². The van der Waals surface area contributed by atoms with Crippen LogP contribution in [0.3, 0.4) is 0 Å². The molecular formula is C26H21ClFN7OS. The molecule has 5 rings (SSSR count). The summed E-state index contributed by atoms with van der Waals surface area (Å²) < 4.78 is 24.0. The van der Waals surface area contributed by atoms with Crippen molar-refractivity contribution in [2.24, 2.45) is 0 Å². The average molecular weight is 534 g/mol. The molecule has 11 heteroatoms. The molecule has 5 aromatic rings. The Morgan fingerprint density at radius 1 is 1.00 bits per heavy atom. The Hall–Kier alpha value is -4.15. The summed E-state index contributed by atoms with van der Waals surface area (Å²) in [7, 11) is 0. The van der Waals surface area contributed by atoms with Gasteiger partial charge in [0, 0.05) is 60.6 Å². The van der Waals surface area contributed by atoms with Gasteiger partial charge in [-0.3, -0.25) is 4.98 Å². The number of rotatable bonds is 10. The van der Waals surface area contributed by atoms with Gasteiger partial charge in [0.25, 0.3) is 0 Å². The molecule has 0 aliphatic rings. The van der Waals surface area contributed by atoms with Gasteiger partial charge in [-0.2, -0.15) is 0 Å². The Labute approximate surface area is 221 Å². The van der Waals surface area contributed by atoms with Crippen molar-refractivity contribution in [3.8, 4) is 22.8 Å². The van der Waals surface area contributed by atoms with E-state index in [0.717, 1.165) is 10.7 Å². The molecule has 0 saturated heterocycles. The van der Waals surface area contributed by atoms with Crippen molar-refractivity contribution in [3.05, 3.63) is 102 Å². The first-order valence-electron chi connectivity index (χ1n) is 11.3. The number of halogens is 2. The van der Waals surface area contributed by atoms with Crippen LogP contribution in [0.1, 0.15) is 5.82 Å². The maximum atomic E-state index is 14.9. The summed E-state index contributed by atoms with van der Waals surface area (Å²) in [5.74, 6) is 1.30. The molecule has 0 unspecified atom stereocenters. The molecular weight excluding hydrogens is 513 g/mol. The number of aromatic amines is 1. The molecule has 0 atom stereocenters. The highest BCUT2D eigenvalue weighted by molar-refractivity contribution is 8.00. The summed E-state index contributed by atoms with van der Waals surface area (Å²) in [6, 6.07) is 15.5. The van der Waals surface area contributed by atoms with E-state index in [9.17, 15) is 4.39 Å². The van der Waals surface area contributed by atoms with Crippen LogP contribution < -0.4 is 14.8 Å². The van der Waals surface area contributed by atoms with Gasteiger partial charge in [-0.15, -0.1) is 0 Å². The zero-order chi connectivity index (χ0) is 25.5. The summed E-state index contributed by atoms with van der Waals surface area (Å²) in [6.07, 6.45) is 9.04. The van der Waals surface area contributed by atoms with Gasteiger partial charge in [-0.05, 0) is 48.3 Å². The number of H-pyrrole nitrogens is 1. The quantitative estimate of drug-likeness (QED) is 0.172. The van der Waals surface area contributed by atoms with Crippen molar-refractivity contribution in [2.45, 2.75) is 11.3 Å². The largest absolute Gasteiger partial charge is 0.453 e. The zero-order valence-corrected chi connectivity index (χ0v) is 20.9. The summed E-state index contributed by atoms with van der Waals surface area (Å²) in [6.45, 7) is 0.605. The third-order valence-electron chi connectivity index (χ3n) is 5.18. The molecule has 3 N–H and O–H groups in total. The maximum Gasteiger partial charge on any atom is 0.223 e. The molecule has 0 bridgehead atoms. The Morgan fingerprint density at radius 2 is 1.92 bits per heavy atom. The fourth-order valence-corrected chi connectivity index (χ4v) is 4.31. The predicted molar refractivity (Wildman–Crippen MR) is 143 cm³/mol. The minimum absolute atomic E-state index is 0.0756. The van der Waals surface area contributed by atoms with Gasteiger partial charge in [0.2, 0.25) is 5.95 Å². The van der Waals surface area contributed by atoms with E-state index in [0.29, 0.717) is 46.6 Å². The highest BCUT2D eigenvalue weighted by atomic mass is 35.5. The first kappa shape index (κ1) is 24.5. The van der Waals surface area contributed by atoms with Crippen LogP contribution in [-0.4, -0.2) is 31.5 Å². The lowest BCUT2D eigenvalue weighted by Crippen LogP contribution is -2.09. The molecule has 0 radical (unpaired) electrons. The topological polar surface area (TPSA) is 101 Å². The standard InChI is InChI=1S/C26H21ClFN7OS/c27-19-3-1-2-4-24(19)37-35-17-5-6-23(20(28)15-17)36-22-8-10-29-16-18(22)21-7-11-32-26(34-21)33-12-9-25-30-13-14-31-25/h1-8,10-11,13-16,35H,9,12H2,(H,30,31)(H,32,33,34). The van der Waals surface area contributed by atoms with E-state index < -0.39 is 5.82 Å². The zero-order valence-electron chi connectivity index (χ0n) is 19.4. The van der Waals surface area contributed by atoms with Crippen LogP contribution in [0.4, 0.5) is 16.0 Å². The summed E-state index contributed by atoms with van der Waals surface area (Å²) in [5.41, 5.74) is 1.77. The van der Waals surface area contributed by atoms with Crippen LogP contribution in [-0.2, 0) is 6.42 Å². The van der Waals surface area contributed by atoms with E-state index in [-0.39, 0.29) is 5.75 Å². The number of ether oxygens (including phenoxy) is 1. The van der Waals surface area contributed by atoms with Crippen molar-refractivity contribution < 1.29 is 9.13 Å². The smallest absolute Gasteiger partial charge is 0.223 e. The minimum Gasteiger partial charge on any atom is -0.453 e. The minimum atomic E-state index is -0.518. The number of hydrogen-bond donors (Lipinski definition) is 3. The molecule has 8 nitrogen and oxygen atoms in total. The van der Waals surface area contributed by atoms with E-state index in [1.165, 1.54) is 18.0 Å². The Kier molecular flexibility index (Phi) is 7.78. The van der Waals surface area contributed by atoms with Crippen molar-refractivity contribution in [1.82, 2.24) is 24.9 Å². The van der Waals surface area contributed by atoms with Gasteiger partial charge >= 0.3 is 0 Å². The number of benzene rings is 2. The van der Waals surface area contributed by atoms with Crippen LogP contribution in [0, 0.1) is 5.82 Å². The van der Waals surface area contributed by atoms with Crippen LogP contribution in [0.2, 0.25) is 5.02 Å². The van der Waals surface area contributed by atoms with E-state index in [1.54, 1.807) is 61.3 Å². The Bertz CT molecular complexity index is 1490. The molecule has 37 heavy (non-hydrogen) atoms. The molecule has 2 aromatic carbocycles. The van der Waals surface area contributed by atoms with Gasteiger partial charge in [-0.25, -0.2) is 19.3 Å². The van der Waals surface area contributed by atoms with Gasteiger partial charge in [0.05, 0.1) is 16.3 Å². The summed E-state index contributed by atoms with van der Waals surface area (Å²) >= 11 is 7.48. The first-order valence-corrected chi connectivity index (χ1v) is 12.5. The second-order valence-corrected chi connectivity index (χ2v) is 8.99. The Balaban J connectivity index is 1.28. The SMILES string of the molecule is Fc1cc(NSc2ccccc2Cl)ccc1Oc1ccncc1-c1ccnc(NCCc2ncc[nH]2)n1. The van der Waals surface area contributed by atoms with E-state index in [4.69, 9.17) is 16.3 Å². The predicted octanol–water partition coefficient (Wildman–Crippen LogP) is 6.62. The monoisotopic (exact) mass is 533 g/mol. The van der Waals surface area contributed by atoms with Gasteiger partial charge in [0.15, 0.2) is 11.6 Å². The molecule has 0 saturated carbocycles. The second kappa shape index (κ2) is 11.7. The number of nitrogens with one attached hydrogen (secondary N) is 3. The maximum absolute atomic E-state index is 14.9. The number of anilines is 2. The third kappa shape index (κ3) is 6.35. The summed E-state index contributed by atoms with van der Waals surface area (Å²) in [4.78, 5) is 21.1. The molecule has 3 heterocycles. The molecule has 3 aromatic heterocycles. The molecule has 0 fully saturated rings. The van der Waals surface area contributed by atoms with Crippen molar-refractivity contribution in [1.29, 1.82) is 0 Å². The number of hydrogen-bond acceptors (Lipinski definition) is 8.